The van der Waals surface area contributed by atoms with Crippen molar-refractivity contribution in [1.82, 2.24) is 0 Å². The van der Waals surface area contributed by atoms with Crippen molar-refractivity contribution in [3.63, 3.8) is 0 Å². The second-order valence-corrected chi connectivity index (χ2v) is 0.968. The summed E-state index contributed by atoms with van der Waals surface area (Å²) in [6, 6.07) is -0.833. The number of hydrogen-bond donors (Lipinski definition) is 6. The summed E-state index contributed by atoms with van der Waals surface area (Å²) >= 11 is 0. The van der Waals surface area contributed by atoms with Gasteiger partial charge in [-0.3, -0.25) is 0 Å². The SMILES string of the molecule is NC(N)=O.O=C(O)O.O=C(O)O. The fraction of sp³-hybridized carbons (Fsp3) is 0. The third-order valence-corrected chi connectivity index (χ3v) is 0. The van der Waals surface area contributed by atoms with E-state index in [-0.39, 0.29) is 0 Å². The Balaban J connectivity index is -0.000000101. The van der Waals surface area contributed by atoms with Crippen molar-refractivity contribution in [2.45, 2.75) is 0 Å². The Morgan fingerprint density at radius 1 is 0.750 bits per heavy atom. The highest BCUT2D eigenvalue weighted by Crippen LogP contribution is 1.43. The van der Waals surface area contributed by atoms with E-state index >= 15 is 0 Å². The summed E-state index contributed by atoms with van der Waals surface area (Å²) in [6.07, 6.45) is -3.67. The molecule has 0 saturated carbocycles. The van der Waals surface area contributed by atoms with Crippen LogP contribution in [0.4, 0.5) is 14.4 Å². The summed E-state index contributed by atoms with van der Waals surface area (Å²) in [5.41, 5.74) is 8.50. The lowest BCUT2D eigenvalue weighted by atomic mass is 11.2. The number of carboxylic acid groups (broad SMARTS) is 4. The van der Waals surface area contributed by atoms with Gasteiger partial charge in [0, 0.05) is 0 Å². The molecule has 0 aromatic carbocycles. The lowest BCUT2D eigenvalue weighted by Crippen LogP contribution is -2.18. The van der Waals surface area contributed by atoms with Crippen LogP contribution in [-0.4, -0.2) is 38.8 Å². The third-order valence-electron chi connectivity index (χ3n) is 0. The van der Waals surface area contributed by atoms with Crippen LogP contribution in [0.3, 0.4) is 0 Å². The molecule has 0 fully saturated rings. The van der Waals surface area contributed by atoms with Crippen molar-refractivity contribution in [3.05, 3.63) is 0 Å². The monoisotopic (exact) mass is 184 g/mol. The maximum Gasteiger partial charge on any atom is 0.503 e. The second-order valence-electron chi connectivity index (χ2n) is 0.968. The van der Waals surface area contributed by atoms with Crippen LogP contribution >= 0.6 is 0 Å². The third kappa shape index (κ3) is 75.5. The molecular weight excluding hydrogens is 176 g/mol. The molecule has 8 N–H and O–H groups in total. The van der Waals surface area contributed by atoms with Crippen LogP contribution in [0, 0.1) is 0 Å². The first kappa shape index (κ1) is 16.4. The van der Waals surface area contributed by atoms with Gasteiger partial charge < -0.3 is 31.9 Å². The smallest absolute Gasteiger partial charge is 0.450 e. The summed E-state index contributed by atoms with van der Waals surface area (Å²) < 4.78 is 0. The lowest BCUT2D eigenvalue weighted by molar-refractivity contribution is 0.135. The zero-order valence-corrected chi connectivity index (χ0v) is 5.67. The molecule has 9 nitrogen and oxygen atoms in total. The maximum absolute atomic E-state index is 9.00. The summed E-state index contributed by atoms with van der Waals surface area (Å²) in [7, 11) is 0. The Labute approximate surface area is 65.8 Å². The Morgan fingerprint density at radius 2 is 0.750 bits per heavy atom. The Bertz CT molecular complexity index is 114. The van der Waals surface area contributed by atoms with E-state index in [1.165, 1.54) is 0 Å². The first-order valence-corrected chi connectivity index (χ1v) is 2.08. The molecular formula is C3H8N2O7. The molecule has 0 bridgehead atoms. The summed E-state index contributed by atoms with van der Waals surface area (Å²) in [5.74, 6) is 0. The average Bonchev–Trinajstić information content (AvgIpc) is 1.54. The van der Waals surface area contributed by atoms with Gasteiger partial charge in [0.1, 0.15) is 0 Å². The van der Waals surface area contributed by atoms with Gasteiger partial charge in [-0.1, -0.05) is 0 Å². The first-order valence-electron chi connectivity index (χ1n) is 2.08. The van der Waals surface area contributed by atoms with Gasteiger partial charge in [0.15, 0.2) is 0 Å². The molecule has 2 amide bonds. The molecule has 0 aliphatic heterocycles. The van der Waals surface area contributed by atoms with Gasteiger partial charge in [-0.15, -0.1) is 0 Å². The number of amides is 2. The van der Waals surface area contributed by atoms with Gasteiger partial charge in [-0.05, 0) is 0 Å². The minimum Gasteiger partial charge on any atom is -0.450 e. The predicted octanol–water partition coefficient (Wildman–Crippen LogP) is -0.531. The number of primary amides is 2. The molecule has 0 aliphatic rings. The van der Waals surface area contributed by atoms with Crippen LogP contribution in [0.25, 0.3) is 0 Å². The van der Waals surface area contributed by atoms with E-state index in [4.69, 9.17) is 34.8 Å². The second kappa shape index (κ2) is 11.6. The number of hydrogen-bond acceptors (Lipinski definition) is 3. The molecule has 0 aromatic heterocycles. The molecule has 0 aromatic rings. The van der Waals surface area contributed by atoms with Gasteiger partial charge >= 0.3 is 18.3 Å². The molecule has 0 aliphatic carbocycles. The zero-order chi connectivity index (χ0) is 10.7. The van der Waals surface area contributed by atoms with Gasteiger partial charge in [-0.25, -0.2) is 14.4 Å². The number of nitrogens with two attached hydrogens (primary N) is 2. The summed E-state index contributed by atoms with van der Waals surface area (Å²) in [6.45, 7) is 0. The molecule has 0 unspecified atom stereocenters. The van der Waals surface area contributed by atoms with Gasteiger partial charge in [0.2, 0.25) is 0 Å². The van der Waals surface area contributed by atoms with E-state index in [0.29, 0.717) is 0 Å². The number of urea groups is 1. The van der Waals surface area contributed by atoms with Crippen molar-refractivity contribution >= 4 is 18.3 Å². The molecule has 0 rings (SSSR count). The number of rotatable bonds is 0. The van der Waals surface area contributed by atoms with Gasteiger partial charge in [-0.2, -0.15) is 0 Å². The van der Waals surface area contributed by atoms with Crippen LogP contribution < -0.4 is 11.5 Å². The van der Waals surface area contributed by atoms with E-state index in [2.05, 4.69) is 11.5 Å². The largest absolute Gasteiger partial charge is 0.503 e. The Hall–Kier alpha value is -2.19. The van der Waals surface area contributed by atoms with Crippen LogP contribution in [0.5, 0.6) is 0 Å². The first-order chi connectivity index (χ1) is 5.20. The molecule has 0 radical (unpaired) electrons. The minimum absolute atomic E-state index is 0.833. The zero-order valence-electron chi connectivity index (χ0n) is 5.67. The molecule has 9 heteroatoms. The highest BCUT2D eigenvalue weighted by molar-refractivity contribution is 5.69. The summed E-state index contributed by atoms with van der Waals surface area (Å²) in [5, 5.41) is 27.9. The van der Waals surface area contributed by atoms with Gasteiger partial charge in [0.05, 0.1) is 0 Å². The fourth-order valence-corrected chi connectivity index (χ4v) is 0. The van der Waals surface area contributed by atoms with E-state index in [1.807, 2.05) is 0 Å². The predicted molar refractivity (Wildman–Crippen MR) is 35.1 cm³/mol. The van der Waals surface area contributed by atoms with Crippen molar-refractivity contribution in [2.75, 3.05) is 0 Å². The van der Waals surface area contributed by atoms with E-state index in [0.717, 1.165) is 0 Å². The highest BCUT2D eigenvalue weighted by atomic mass is 16.6. The molecule has 0 heterocycles. The van der Waals surface area contributed by atoms with Crippen LogP contribution in [0.1, 0.15) is 0 Å². The van der Waals surface area contributed by atoms with Crippen LogP contribution in [0.15, 0.2) is 0 Å². The maximum atomic E-state index is 9.00. The standard InChI is InChI=1S/CH4N2O.2CH2O3/c3*2-1(3)4/h(H4,2,3,4);2*(H2,2,3,4). The van der Waals surface area contributed by atoms with Crippen LogP contribution in [-0.2, 0) is 0 Å². The van der Waals surface area contributed by atoms with Gasteiger partial charge in [0.25, 0.3) is 0 Å². The quantitative estimate of drug-likeness (QED) is 0.292. The lowest BCUT2D eigenvalue weighted by Gasteiger charge is -1.62. The Kier molecular flexibility index (Phi) is 15.9. The van der Waals surface area contributed by atoms with E-state index < -0.39 is 18.3 Å². The van der Waals surface area contributed by atoms with Crippen molar-refractivity contribution in [3.8, 4) is 0 Å². The normalized spacial score (nSPS) is 6.00. The van der Waals surface area contributed by atoms with Crippen molar-refractivity contribution in [1.29, 1.82) is 0 Å². The molecule has 0 saturated heterocycles. The molecule has 0 spiro atoms. The minimum atomic E-state index is -1.83. The number of carbonyl (C=O) groups is 3. The van der Waals surface area contributed by atoms with Crippen molar-refractivity contribution in [2.24, 2.45) is 11.5 Å². The van der Waals surface area contributed by atoms with E-state index in [9.17, 15) is 0 Å². The average molecular weight is 184 g/mol. The Morgan fingerprint density at radius 3 is 0.750 bits per heavy atom. The van der Waals surface area contributed by atoms with Crippen molar-refractivity contribution < 1.29 is 34.8 Å². The fourth-order valence-electron chi connectivity index (χ4n) is 0. The number of carbonyl (C=O) groups excluding carboxylic acids is 1. The molecule has 0 atom stereocenters. The topological polar surface area (TPSA) is 184 Å². The van der Waals surface area contributed by atoms with Crippen LogP contribution in [0.2, 0.25) is 0 Å². The summed E-state index contributed by atoms with van der Waals surface area (Å²) in [4.78, 5) is 26.1. The highest BCUT2D eigenvalue weighted by Gasteiger charge is 1.70. The molecule has 72 valence electrons. The molecule has 12 heavy (non-hydrogen) atoms. The van der Waals surface area contributed by atoms with E-state index in [1.54, 1.807) is 0 Å².